The van der Waals surface area contributed by atoms with E-state index in [1.807, 2.05) is 12.2 Å². The van der Waals surface area contributed by atoms with Crippen LogP contribution in [0.1, 0.15) is 19.3 Å². The summed E-state index contributed by atoms with van der Waals surface area (Å²) >= 11 is 0. The van der Waals surface area contributed by atoms with Crippen molar-refractivity contribution in [3.05, 3.63) is 37.1 Å². The Morgan fingerprint density at radius 2 is 2.54 bits per heavy atom. The molecule has 0 N–H and O–H groups in total. The molecule has 1 unspecified atom stereocenters. The third-order valence-electron chi connectivity index (χ3n) is 1.81. The van der Waals surface area contributed by atoms with Crippen LogP contribution < -0.4 is 0 Å². The van der Waals surface area contributed by atoms with E-state index in [9.17, 15) is 4.79 Å². The van der Waals surface area contributed by atoms with Crippen molar-refractivity contribution in [2.24, 2.45) is 0 Å². The molecule has 0 bridgehead atoms. The number of allylic oxidation sites excluding steroid dienone is 3. The lowest BCUT2D eigenvalue weighted by Crippen LogP contribution is -2.09. The van der Waals surface area contributed by atoms with Crippen molar-refractivity contribution in [2.45, 2.75) is 25.4 Å². The highest BCUT2D eigenvalue weighted by Crippen LogP contribution is 2.11. The summed E-state index contributed by atoms with van der Waals surface area (Å²) in [7, 11) is 0. The Kier molecular flexibility index (Phi) is 4.03. The summed E-state index contributed by atoms with van der Waals surface area (Å²) in [5.41, 5.74) is 0. The van der Waals surface area contributed by atoms with Gasteiger partial charge in [0.1, 0.15) is 6.10 Å². The van der Waals surface area contributed by atoms with Crippen LogP contribution >= 0.6 is 0 Å². The van der Waals surface area contributed by atoms with E-state index in [2.05, 4.69) is 6.58 Å². The van der Waals surface area contributed by atoms with Gasteiger partial charge in [-0.25, -0.2) is 0 Å². The zero-order chi connectivity index (χ0) is 9.52. The number of ether oxygens (including phenoxy) is 1. The minimum atomic E-state index is 0.0683. The predicted octanol–water partition coefficient (Wildman–Crippen LogP) is 2.38. The number of carbonyl (C=O) groups excluding carboxylic acids is 1. The van der Waals surface area contributed by atoms with Crippen LogP contribution in [0.2, 0.25) is 0 Å². The zero-order valence-electron chi connectivity index (χ0n) is 7.61. The zero-order valence-corrected chi connectivity index (χ0v) is 7.61. The molecule has 0 saturated heterocycles. The minimum Gasteiger partial charge on any atom is -0.494 e. The van der Waals surface area contributed by atoms with E-state index in [0.717, 1.165) is 12.8 Å². The lowest BCUT2D eigenvalue weighted by molar-refractivity contribution is -0.113. The van der Waals surface area contributed by atoms with Crippen LogP contribution in [-0.4, -0.2) is 11.9 Å². The molecule has 13 heavy (non-hydrogen) atoms. The number of rotatable bonds is 4. The molecule has 0 spiro atoms. The van der Waals surface area contributed by atoms with Gasteiger partial charge in [0.05, 0.1) is 6.26 Å². The van der Waals surface area contributed by atoms with Gasteiger partial charge >= 0.3 is 0 Å². The van der Waals surface area contributed by atoms with Gasteiger partial charge in [-0.2, -0.15) is 0 Å². The average molecular weight is 178 g/mol. The summed E-state index contributed by atoms with van der Waals surface area (Å²) in [6.45, 7) is 3.50. The average Bonchev–Trinajstić information content (AvgIpc) is 2.17. The van der Waals surface area contributed by atoms with Crippen molar-refractivity contribution in [2.75, 3.05) is 0 Å². The first-order chi connectivity index (χ1) is 6.33. The minimum absolute atomic E-state index is 0.0683. The quantitative estimate of drug-likeness (QED) is 0.488. The Hall–Kier alpha value is -1.31. The van der Waals surface area contributed by atoms with E-state index in [4.69, 9.17) is 4.74 Å². The number of hydrogen-bond acceptors (Lipinski definition) is 2. The van der Waals surface area contributed by atoms with Gasteiger partial charge in [-0.15, -0.1) is 6.58 Å². The van der Waals surface area contributed by atoms with Crippen molar-refractivity contribution in [3.8, 4) is 0 Å². The molecular weight excluding hydrogens is 164 g/mol. The van der Waals surface area contributed by atoms with Gasteiger partial charge in [0.2, 0.25) is 0 Å². The third-order valence-corrected chi connectivity index (χ3v) is 1.81. The maximum atomic E-state index is 11.1. The summed E-state index contributed by atoms with van der Waals surface area (Å²) in [6.07, 6.45) is 11.1. The monoisotopic (exact) mass is 178 g/mol. The fourth-order valence-electron chi connectivity index (χ4n) is 1.12. The van der Waals surface area contributed by atoms with E-state index < -0.39 is 0 Å². The Morgan fingerprint density at radius 3 is 3.15 bits per heavy atom. The summed E-state index contributed by atoms with van der Waals surface area (Å²) in [6, 6.07) is 0. The smallest absolute Gasteiger partial charge is 0.159 e. The second kappa shape index (κ2) is 5.36. The first kappa shape index (κ1) is 9.78. The second-order valence-corrected chi connectivity index (χ2v) is 2.94. The van der Waals surface area contributed by atoms with Crippen molar-refractivity contribution < 1.29 is 9.53 Å². The molecule has 0 amide bonds. The molecule has 0 fully saturated rings. The van der Waals surface area contributed by atoms with Crippen LogP contribution in [0.4, 0.5) is 0 Å². The van der Waals surface area contributed by atoms with Gasteiger partial charge in [-0.05, 0) is 31.1 Å². The topological polar surface area (TPSA) is 26.3 Å². The summed E-state index contributed by atoms with van der Waals surface area (Å²) in [5.74, 6) is 0.0770. The molecule has 70 valence electrons. The van der Waals surface area contributed by atoms with E-state index in [1.54, 1.807) is 18.4 Å². The Labute approximate surface area is 78.6 Å². The molecule has 0 aliphatic carbocycles. The van der Waals surface area contributed by atoms with E-state index >= 15 is 0 Å². The predicted molar refractivity (Wildman–Crippen MR) is 52.2 cm³/mol. The van der Waals surface area contributed by atoms with Gasteiger partial charge in [-0.3, -0.25) is 4.79 Å². The lowest BCUT2D eigenvalue weighted by Gasteiger charge is -2.14. The van der Waals surface area contributed by atoms with Gasteiger partial charge < -0.3 is 4.74 Å². The first-order valence-corrected chi connectivity index (χ1v) is 4.45. The van der Waals surface area contributed by atoms with Crippen molar-refractivity contribution in [1.82, 2.24) is 0 Å². The van der Waals surface area contributed by atoms with Crippen LogP contribution in [0.3, 0.4) is 0 Å². The van der Waals surface area contributed by atoms with Gasteiger partial charge in [0.15, 0.2) is 5.78 Å². The second-order valence-electron chi connectivity index (χ2n) is 2.94. The maximum Gasteiger partial charge on any atom is 0.159 e. The third kappa shape index (κ3) is 3.74. The van der Waals surface area contributed by atoms with Gasteiger partial charge in [0.25, 0.3) is 0 Å². The Balaban J connectivity index is 2.33. The molecule has 1 aliphatic rings. The molecule has 1 heterocycles. The normalized spacial score (nSPS) is 21.4. The van der Waals surface area contributed by atoms with E-state index in [0.29, 0.717) is 6.42 Å². The Morgan fingerprint density at radius 1 is 1.69 bits per heavy atom. The highest BCUT2D eigenvalue weighted by molar-refractivity contribution is 5.90. The van der Waals surface area contributed by atoms with Crippen molar-refractivity contribution in [1.29, 1.82) is 0 Å². The first-order valence-electron chi connectivity index (χ1n) is 4.45. The molecule has 0 aromatic carbocycles. The summed E-state index contributed by atoms with van der Waals surface area (Å²) < 4.78 is 5.26. The largest absolute Gasteiger partial charge is 0.494 e. The van der Waals surface area contributed by atoms with Gasteiger partial charge in [-0.1, -0.05) is 6.08 Å². The lowest BCUT2D eigenvalue weighted by atomic mass is 10.1. The molecule has 2 nitrogen and oxygen atoms in total. The molecule has 0 aromatic heterocycles. The molecule has 0 saturated carbocycles. The number of carbonyl (C=O) groups is 1. The van der Waals surface area contributed by atoms with E-state index in [1.165, 1.54) is 0 Å². The Bertz CT molecular complexity index is 238. The fraction of sp³-hybridized carbons (Fsp3) is 0.364. The standard InChI is InChI=1S/C11H14O2/c1-2-5-10(12)7-8-11-6-3-4-9-13-11/h2,4,7-9,11H,1,3,5-6H2. The molecule has 1 rings (SSSR count). The van der Waals surface area contributed by atoms with Crippen molar-refractivity contribution >= 4 is 5.78 Å². The van der Waals surface area contributed by atoms with E-state index in [-0.39, 0.29) is 11.9 Å². The van der Waals surface area contributed by atoms with Crippen LogP contribution in [0.5, 0.6) is 0 Å². The molecule has 0 aromatic rings. The van der Waals surface area contributed by atoms with Gasteiger partial charge in [0, 0.05) is 6.42 Å². The summed E-state index contributed by atoms with van der Waals surface area (Å²) in [5, 5.41) is 0. The van der Waals surface area contributed by atoms with Crippen molar-refractivity contribution in [3.63, 3.8) is 0 Å². The SMILES string of the molecule is C=CCC(=O)C=CC1CCC=CO1. The van der Waals surface area contributed by atoms with Crippen LogP contribution in [0, 0.1) is 0 Å². The van der Waals surface area contributed by atoms with Crippen LogP contribution in [0.25, 0.3) is 0 Å². The molecular formula is C11H14O2. The summed E-state index contributed by atoms with van der Waals surface area (Å²) in [4.78, 5) is 11.1. The van der Waals surface area contributed by atoms with Crippen LogP contribution in [-0.2, 0) is 9.53 Å². The molecule has 0 radical (unpaired) electrons. The number of ketones is 1. The molecule has 1 atom stereocenters. The highest BCUT2D eigenvalue weighted by Gasteiger charge is 2.06. The number of hydrogen-bond donors (Lipinski definition) is 0. The van der Waals surface area contributed by atoms with Crippen LogP contribution in [0.15, 0.2) is 37.1 Å². The maximum absolute atomic E-state index is 11.1. The fourth-order valence-corrected chi connectivity index (χ4v) is 1.12. The molecule has 1 aliphatic heterocycles. The molecule has 2 heteroatoms. The highest BCUT2D eigenvalue weighted by atomic mass is 16.5.